The van der Waals surface area contributed by atoms with E-state index in [1.54, 1.807) is 17.5 Å². The van der Waals surface area contributed by atoms with Crippen LogP contribution in [0.4, 0.5) is 5.69 Å². The fraction of sp³-hybridized carbons (Fsp3) is 0.182. The van der Waals surface area contributed by atoms with Gasteiger partial charge >= 0.3 is 4.87 Å². The van der Waals surface area contributed by atoms with Crippen LogP contribution in [0.25, 0.3) is 0 Å². The van der Waals surface area contributed by atoms with E-state index in [0.29, 0.717) is 28.8 Å². The van der Waals surface area contributed by atoms with Gasteiger partial charge < -0.3 is 16.0 Å². The smallest absolute Gasteiger partial charge is 0.304 e. The molecular formula is C11H11Cl2N3OS. The Morgan fingerprint density at radius 3 is 2.50 bits per heavy atom. The first-order valence-corrected chi connectivity index (χ1v) is 6.80. The first kappa shape index (κ1) is 13.4. The molecule has 1 aromatic heterocycles. The van der Waals surface area contributed by atoms with Crippen LogP contribution >= 0.6 is 34.5 Å². The lowest BCUT2D eigenvalue weighted by atomic mass is 10.2. The van der Waals surface area contributed by atoms with Gasteiger partial charge in [0.2, 0.25) is 0 Å². The Morgan fingerprint density at radius 1 is 1.28 bits per heavy atom. The highest BCUT2D eigenvalue weighted by molar-refractivity contribution is 7.07. The van der Waals surface area contributed by atoms with Crippen molar-refractivity contribution in [3.05, 3.63) is 48.5 Å². The molecule has 4 nitrogen and oxygen atoms in total. The molecule has 0 spiro atoms. The summed E-state index contributed by atoms with van der Waals surface area (Å²) < 4.78 is 0. The zero-order valence-electron chi connectivity index (χ0n) is 9.30. The molecule has 7 heteroatoms. The molecule has 0 fully saturated rings. The van der Waals surface area contributed by atoms with Crippen LogP contribution in [0.15, 0.2) is 22.3 Å². The van der Waals surface area contributed by atoms with Gasteiger partial charge in [-0.15, -0.1) is 0 Å². The zero-order chi connectivity index (χ0) is 13.1. The van der Waals surface area contributed by atoms with Crippen molar-refractivity contribution in [1.29, 1.82) is 0 Å². The summed E-state index contributed by atoms with van der Waals surface area (Å²) in [5, 5.41) is 5.87. The molecule has 1 aromatic carbocycles. The Hall–Kier alpha value is -1.01. The summed E-state index contributed by atoms with van der Waals surface area (Å²) in [5.74, 6) is 0. The number of nitrogens with two attached hydrogens (primary N) is 1. The van der Waals surface area contributed by atoms with Crippen LogP contribution in [0.1, 0.15) is 11.3 Å². The first-order chi connectivity index (χ1) is 8.56. The molecule has 0 amide bonds. The van der Waals surface area contributed by atoms with Gasteiger partial charge in [-0.2, -0.15) is 0 Å². The van der Waals surface area contributed by atoms with Crippen molar-refractivity contribution in [2.75, 3.05) is 5.73 Å². The molecule has 0 atom stereocenters. The molecule has 0 saturated heterocycles. The maximum absolute atomic E-state index is 10.9. The van der Waals surface area contributed by atoms with E-state index in [2.05, 4.69) is 10.3 Å². The quantitative estimate of drug-likeness (QED) is 0.760. The SMILES string of the molecule is Nc1c(Cl)cc(CNCc2csc(=O)[nH]2)cc1Cl. The van der Waals surface area contributed by atoms with Gasteiger partial charge in [-0.05, 0) is 17.7 Å². The van der Waals surface area contributed by atoms with Crippen molar-refractivity contribution >= 4 is 40.2 Å². The van der Waals surface area contributed by atoms with Crippen molar-refractivity contribution in [1.82, 2.24) is 10.3 Å². The Labute approximate surface area is 118 Å². The highest BCUT2D eigenvalue weighted by Gasteiger charge is 2.04. The number of nitrogens with one attached hydrogen (secondary N) is 2. The molecule has 2 aromatic rings. The Bertz CT molecular complexity index is 585. The normalized spacial score (nSPS) is 10.8. The highest BCUT2D eigenvalue weighted by atomic mass is 35.5. The van der Waals surface area contributed by atoms with Crippen LogP contribution in [0, 0.1) is 0 Å². The van der Waals surface area contributed by atoms with Gasteiger partial charge in [-0.25, -0.2) is 0 Å². The van der Waals surface area contributed by atoms with Gasteiger partial charge in [-0.3, -0.25) is 4.79 Å². The summed E-state index contributed by atoms with van der Waals surface area (Å²) in [6, 6.07) is 3.54. The third-order valence-corrected chi connectivity index (χ3v) is 3.70. The van der Waals surface area contributed by atoms with Crippen molar-refractivity contribution in [2.24, 2.45) is 0 Å². The lowest BCUT2D eigenvalue weighted by Gasteiger charge is -2.07. The zero-order valence-corrected chi connectivity index (χ0v) is 11.6. The van der Waals surface area contributed by atoms with E-state index >= 15 is 0 Å². The van der Waals surface area contributed by atoms with Gasteiger partial charge in [0, 0.05) is 24.2 Å². The maximum Gasteiger partial charge on any atom is 0.304 e. The van der Waals surface area contributed by atoms with Gasteiger partial charge in [0.25, 0.3) is 0 Å². The summed E-state index contributed by atoms with van der Waals surface area (Å²) in [7, 11) is 0. The second-order valence-electron chi connectivity index (χ2n) is 3.75. The van der Waals surface area contributed by atoms with E-state index in [0.717, 1.165) is 22.6 Å². The number of halogens is 2. The third kappa shape index (κ3) is 3.26. The molecule has 0 aliphatic rings. The Kier molecular flexibility index (Phi) is 4.29. The van der Waals surface area contributed by atoms with Crippen LogP contribution in [-0.4, -0.2) is 4.98 Å². The second kappa shape index (κ2) is 5.75. The van der Waals surface area contributed by atoms with Crippen LogP contribution < -0.4 is 15.9 Å². The van der Waals surface area contributed by atoms with E-state index in [1.807, 2.05) is 0 Å². The number of benzene rings is 1. The number of aromatic nitrogens is 1. The number of thiazole rings is 1. The minimum atomic E-state index is -0.0506. The first-order valence-electron chi connectivity index (χ1n) is 5.17. The molecule has 2 rings (SSSR count). The number of H-pyrrole nitrogens is 1. The molecule has 1 heterocycles. The van der Waals surface area contributed by atoms with Crippen LogP contribution in [0.2, 0.25) is 10.0 Å². The van der Waals surface area contributed by atoms with E-state index in [4.69, 9.17) is 28.9 Å². The van der Waals surface area contributed by atoms with Crippen LogP contribution in [0.3, 0.4) is 0 Å². The molecule has 18 heavy (non-hydrogen) atoms. The summed E-state index contributed by atoms with van der Waals surface area (Å²) in [5.41, 5.74) is 7.84. The predicted molar refractivity (Wildman–Crippen MR) is 76.4 cm³/mol. The van der Waals surface area contributed by atoms with E-state index in [1.165, 1.54) is 0 Å². The van der Waals surface area contributed by atoms with Gasteiger partial charge in [0.05, 0.1) is 15.7 Å². The molecule has 0 bridgehead atoms. The Morgan fingerprint density at radius 2 is 1.94 bits per heavy atom. The van der Waals surface area contributed by atoms with Crippen molar-refractivity contribution < 1.29 is 0 Å². The summed E-state index contributed by atoms with van der Waals surface area (Å²) in [6.07, 6.45) is 0. The number of aromatic amines is 1. The van der Waals surface area contributed by atoms with Gasteiger partial charge in [0.15, 0.2) is 0 Å². The number of nitrogen functional groups attached to an aromatic ring is 1. The molecule has 0 radical (unpaired) electrons. The maximum atomic E-state index is 10.9. The standard InChI is InChI=1S/C11H11Cl2N3OS/c12-8-1-6(2-9(13)10(8)14)3-15-4-7-5-18-11(17)16-7/h1-2,5,15H,3-4,14H2,(H,16,17). The van der Waals surface area contributed by atoms with Gasteiger partial charge in [0.1, 0.15) is 0 Å². The fourth-order valence-electron chi connectivity index (χ4n) is 1.48. The fourth-order valence-corrected chi connectivity index (χ4v) is 2.59. The minimum Gasteiger partial charge on any atom is -0.396 e. The number of rotatable bonds is 4. The average molecular weight is 304 g/mol. The number of hydrogen-bond acceptors (Lipinski definition) is 4. The molecule has 0 aliphatic carbocycles. The topological polar surface area (TPSA) is 70.9 Å². The van der Waals surface area contributed by atoms with Crippen molar-refractivity contribution in [3.63, 3.8) is 0 Å². The van der Waals surface area contributed by atoms with E-state index in [-0.39, 0.29) is 4.87 Å². The molecule has 0 saturated carbocycles. The van der Waals surface area contributed by atoms with Gasteiger partial charge in [-0.1, -0.05) is 34.5 Å². The largest absolute Gasteiger partial charge is 0.396 e. The average Bonchev–Trinajstić information content (AvgIpc) is 2.72. The van der Waals surface area contributed by atoms with Crippen LogP contribution in [0.5, 0.6) is 0 Å². The Balaban J connectivity index is 1.96. The minimum absolute atomic E-state index is 0.0506. The van der Waals surface area contributed by atoms with Crippen molar-refractivity contribution in [2.45, 2.75) is 13.1 Å². The lowest BCUT2D eigenvalue weighted by Crippen LogP contribution is -2.14. The molecular weight excluding hydrogens is 293 g/mol. The molecule has 0 unspecified atom stereocenters. The van der Waals surface area contributed by atoms with E-state index < -0.39 is 0 Å². The number of hydrogen-bond donors (Lipinski definition) is 3. The monoisotopic (exact) mass is 303 g/mol. The van der Waals surface area contributed by atoms with Crippen LogP contribution in [-0.2, 0) is 13.1 Å². The third-order valence-electron chi connectivity index (χ3n) is 2.35. The van der Waals surface area contributed by atoms with Crippen molar-refractivity contribution in [3.8, 4) is 0 Å². The summed E-state index contributed by atoms with van der Waals surface area (Å²) >= 11 is 13.0. The second-order valence-corrected chi connectivity index (χ2v) is 5.41. The summed E-state index contributed by atoms with van der Waals surface area (Å²) in [4.78, 5) is 13.6. The highest BCUT2D eigenvalue weighted by Crippen LogP contribution is 2.28. The molecule has 4 N–H and O–H groups in total. The molecule has 96 valence electrons. The number of anilines is 1. The van der Waals surface area contributed by atoms with E-state index in [9.17, 15) is 4.79 Å². The predicted octanol–water partition coefficient (Wildman–Crippen LogP) is 2.62. The summed E-state index contributed by atoms with van der Waals surface area (Å²) in [6.45, 7) is 1.18. The molecule has 0 aliphatic heterocycles. The lowest BCUT2D eigenvalue weighted by molar-refractivity contribution is 0.682.